The van der Waals surface area contributed by atoms with Gasteiger partial charge in [-0.05, 0) is 25.0 Å². The lowest BCUT2D eigenvalue weighted by molar-refractivity contribution is -0.107. The predicted octanol–water partition coefficient (Wildman–Crippen LogP) is 3.69. The van der Waals surface area contributed by atoms with Crippen molar-refractivity contribution in [1.29, 1.82) is 0 Å². The number of aromatic amines is 1. The largest absolute Gasteiger partial charge is 0.303 e. The third kappa shape index (κ3) is 4.70. The number of sulfonamides is 1. The summed E-state index contributed by atoms with van der Waals surface area (Å²) >= 11 is 0. The first-order chi connectivity index (χ1) is 12.4. The van der Waals surface area contributed by atoms with Gasteiger partial charge in [-0.1, -0.05) is 43.0 Å². The lowest BCUT2D eigenvalue weighted by Gasteiger charge is -2.16. The predicted molar refractivity (Wildman–Crippen MR) is 106 cm³/mol. The van der Waals surface area contributed by atoms with Crippen LogP contribution in [0.1, 0.15) is 31.4 Å². The highest BCUT2D eigenvalue weighted by atomic mass is 32.2. The van der Waals surface area contributed by atoms with E-state index in [0.29, 0.717) is 24.0 Å². The minimum Gasteiger partial charge on any atom is -0.303 e. The van der Waals surface area contributed by atoms with Crippen LogP contribution in [-0.4, -0.2) is 31.2 Å². The molecule has 0 aliphatic carbocycles. The van der Waals surface area contributed by atoms with Gasteiger partial charge in [-0.25, -0.2) is 8.42 Å². The number of nitrogens with zero attached hydrogens (tertiary/aromatic N) is 1. The monoisotopic (exact) mass is 373 g/mol. The number of para-hydroxylation sites is 1. The van der Waals surface area contributed by atoms with E-state index < -0.39 is 10.0 Å². The fourth-order valence-corrected chi connectivity index (χ4v) is 3.50. The number of carbonyl (C=O) groups is 1. The van der Waals surface area contributed by atoms with E-state index in [2.05, 4.69) is 21.5 Å². The molecule has 1 atom stereocenters. The first kappa shape index (κ1) is 19.7. The number of aromatic nitrogens is 2. The van der Waals surface area contributed by atoms with Crippen LogP contribution in [0.4, 0.5) is 5.69 Å². The van der Waals surface area contributed by atoms with Gasteiger partial charge in [0.1, 0.15) is 11.8 Å². The third-order valence-electron chi connectivity index (χ3n) is 3.90. The van der Waals surface area contributed by atoms with Crippen LogP contribution in [0.5, 0.6) is 0 Å². The van der Waals surface area contributed by atoms with Crippen LogP contribution in [0.2, 0.25) is 0 Å². The average Bonchev–Trinajstić information content (AvgIpc) is 2.99. The Kier molecular flexibility index (Phi) is 6.52. The SMILES string of the molecule is C=C/C=C(\C=C/C)C(CCC=O)c1[nH]nc2c(NS(C)(=O)=O)cccc12. The van der Waals surface area contributed by atoms with E-state index in [1.54, 1.807) is 18.2 Å². The van der Waals surface area contributed by atoms with Gasteiger partial charge in [-0.15, -0.1) is 0 Å². The van der Waals surface area contributed by atoms with E-state index in [9.17, 15) is 13.2 Å². The molecule has 26 heavy (non-hydrogen) atoms. The van der Waals surface area contributed by atoms with Crippen molar-refractivity contribution in [3.63, 3.8) is 0 Å². The summed E-state index contributed by atoms with van der Waals surface area (Å²) in [6.45, 7) is 5.68. The van der Waals surface area contributed by atoms with Crippen molar-refractivity contribution in [3.8, 4) is 0 Å². The van der Waals surface area contributed by atoms with E-state index in [-0.39, 0.29) is 5.92 Å². The van der Waals surface area contributed by atoms with Crippen LogP contribution < -0.4 is 4.72 Å². The molecule has 1 unspecified atom stereocenters. The number of hydrogen-bond donors (Lipinski definition) is 2. The lowest BCUT2D eigenvalue weighted by Crippen LogP contribution is -2.09. The van der Waals surface area contributed by atoms with E-state index in [0.717, 1.165) is 29.2 Å². The van der Waals surface area contributed by atoms with Crippen molar-refractivity contribution < 1.29 is 13.2 Å². The molecule has 0 amide bonds. The maximum absolute atomic E-state index is 11.6. The van der Waals surface area contributed by atoms with Gasteiger partial charge in [0.2, 0.25) is 10.0 Å². The fraction of sp³-hybridized carbons (Fsp3) is 0.263. The molecule has 0 spiro atoms. The second kappa shape index (κ2) is 8.62. The first-order valence-electron chi connectivity index (χ1n) is 8.25. The van der Waals surface area contributed by atoms with Gasteiger partial charge >= 0.3 is 0 Å². The highest BCUT2D eigenvalue weighted by molar-refractivity contribution is 7.92. The molecule has 0 aliphatic rings. The number of aldehydes is 1. The Balaban J connectivity index is 2.60. The molecule has 0 bridgehead atoms. The van der Waals surface area contributed by atoms with E-state index >= 15 is 0 Å². The number of carbonyl (C=O) groups excluding carboxylic acids is 1. The Hall–Kier alpha value is -2.67. The van der Waals surface area contributed by atoms with Crippen LogP contribution in [0, 0.1) is 0 Å². The van der Waals surface area contributed by atoms with Crippen LogP contribution in [0.25, 0.3) is 10.9 Å². The molecule has 7 heteroatoms. The second-order valence-corrected chi connectivity index (χ2v) is 7.66. The second-order valence-electron chi connectivity index (χ2n) is 5.91. The molecule has 138 valence electrons. The van der Waals surface area contributed by atoms with Gasteiger partial charge in [-0.3, -0.25) is 9.82 Å². The number of rotatable bonds is 9. The number of allylic oxidation sites excluding steroid dienone is 5. The Morgan fingerprint density at radius 3 is 2.81 bits per heavy atom. The number of hydrogen-bond acceptors (Lipinski definition) is 4. The highest BCUT2D eigenvalue weighted by Gasteiger charge is 2.21. The summed E-state index contributed by atoms with van der Waals surface area (Å²) < 4.78 is 25.7. The average molecular weight is 373 g/mol. The summed E-state index contributed by atoms with van der Waals surface area (Å²) in [5.41, 5.74) is 2.80. The summed E-state index contributed by atoms with van der Waals surface area (Å²) in [7, 11) is -3.41. The van der Waals surface area contributed by atoms with Crippen molar-refractivity contribution >= 4 is 32.9 Å². The number of benzene rings is 1. The Morgan fingerprint density at radius 1 is 1.42 bits per heavy atom. The van der Waals surface area contributed by atoms with Crippen molar-refractivity contribution in [2.45, 2.75) is 25.7 Å². The Morgan fingerprint density at radius 2 is 2.19 bits per heavy atom. The van der Waals surface area contributed by atoms with Crippen LogP contribution in [0.3, 0.4) is 0 Å². The number of anilines is 1. The minimum atomic E-state index is -3.41. The number of fused-ring (bicyclic) bond motifs is 1. The summed E-state index contributed by atoms with van der Waals surface area (Å²) in [5, 5.41) is 8.17. The van der Waals surface area contributed by atoms with E-state index in [4.69, 9.17) is 0 Å². The summed E-state index contributed by atoms with van der Waals surface area (Å²) in [4.78, 5) is 10.9. The summed E-state index contributed by atoms with van der Waals surface area (Å²) in [6.07, 6.45) is 10.5. The Labute approximate surface area is 153 Å². The fourth-order valence-electron chi connectivity index (χ4n) is 2.93. The molecular weight excluding hydrogens is 350 g/mol. The zero-order valence-corrected chi connectivity index (χ0v) is 15.7. The van der Waals surface area contributed by atoms with Crippen LogP contribution in [0.15, 0.2) is 54.7 Å². The summed E-state index contributed by atoms with van der Waals surface area (Å²) in [6, 6.07) is 5.33. The van der Waals surface area contributed by atoms with Crippen molar-refractivity contribution in [2.75, 3.05) is 11.0 Å². The zero-order valence-electron chi connectivity index (χ0n) is 14.9. The van der Waals surface area contributed by atoms with Gasteiger partial charge in [0.05, 0.1) is 17.6 Å². The molecule has 1 heterocycles. The molecule has 0 radical (unpaired) electrons. The Bertz CT molecular complexity index is 956. The molecule has 0 saturated heterocycles. The molecular formula is C19H23N3O3S. The molecule has 2 N–H and O–H groups in total. The van der Waals surface area contributed by atoms with Crippen LogP contribution in [-0.2, 0) is 14.8 Å². The van der Waals surface area contributed by atoms with E-state index in [1.165, 1.54) is 0 Å². The smallest absolute Gasteiger partial charge is 0.229 e. The van der Waals surface area contributed by atoms with Gasteiger partial charge in [-0.2, -0.15) is 5.10 Å². The quantitative estimate of drug-likeness (QED) is 0.518. The van der Waals surface area contributed by atoms with E-state index in [1.807, 2.05) is 31.2 Å². The molecule has 2 aromatic rings. The molecule has 0 saturated carbocycles. The molecule has 1 aromatic carbocycles. The number of nitrogens with one attached hydrogen (secondary N) is 2. The lowest BCUT2D eigenvalue weighted by atomic mass is 9.88. The minimum absolute atomic E-state index is 0.0899. The van der Waals surface area contributed by atoms with Crippen LogP contribution >= 0.6 is 0 Å². The molecule has 1 aromatic heterocycles. The highest BCUT2D eigenvalue weighted by Crippen LogP contribution is 2.35. The molecule has 2 rings (SSSR count). The van der Waals surface area contributed by atoms with Gasteiger partial charge in [0.25, 0.3) is 0 Å². The molecule has 0 aliphatic heterocycles. The summed E-state index contributed by atoms with van der Waals surface area (Å²) in [5.74, 6) is -0.0899. The van der Waals surface area contributed by atoms with Crippen molar-refractivity contribution in [3.05, 3.63) is 60.3 Å². The molecule has 6 nitrogen and oxygen atoms in total. The van der Waals surface area contributed by atoms with Crippen molar-refractivity contribution in [2.24, 2.45) is 0 Å². The van der Waals surface area contributed by atoms with Gasteiger partial charge in [0, 0.05) is 17.7 Å². The first-order valence-corrected chi connectivity index (χ1v) is 10.1. The van der Waals surface area contributed by atoms with Gasteiger partial charge in [0.15, 0.2) is 0 Å². The normalized spacial score (nSPS) is 13.8. The topological polar surface area (TPSA) is 91.9 Å². The maximum Gasteiger partial charge on any atom is 0.229 e. The molecule has 0 fully saturated rings. The van der Waals surface area contributed by atoms with Crippen molar-refractivity contribution in [1.82, 2.24) is 10.2 Å². The maximum atomic E-state index is 11.6. The van der Waals surface area contributed by atoms with Gasteiger partial charge < -0.3 is 4.79 Å². The zero-order chi connectivity index (χ0) is 19.2. The standard InChI is InChI=1S/C19H23N3O3S/c1-4-8-14(9-5-2)15(11-7-13-23)18-16-10-6-12-17(19(16)21-20-18)22-26(3,24)25/h4-6,8-10,12-13,15,22H,1,7,11H2,2-3H3,(H,20,21)/b9-5-,14-8+. The third-order valence-corrected chi connectivity index (χ3v) is 4.49. The number of H-pyrrole nitrogens is 1.